The van der Waals surface area contributed by atoms with Crippen LogP contribution in [-0.4, -0.2) is 48.1 Å². The van der Waals surface area contributed by atoms with Gasteiger partial charge >= 0.3 is 5.63 Å². The molecule has 0 radical (unpaired) electrons. The van der Waals surface area contributed by atoms with Gasteiger partial charge in [-0.3, -0.25) is 4.79 Å². The van der Waals surface area contributed by atoms with E-state index in [9.17, 15) is 14.7 Å². The monoisotopic (exact) mass is 397 g/mol. The van der Waals surface area contributed by atoms with Crippen molar-refractivity contribution in [1.82, 2.24) is 4.90 Å². The van der Waals surface area contributed by atoms with Crippen LogP contribution in [0.15, 0.2) is 63.8 Å². The second kappa shape index (κ2) is 10.5. The molecular weight excluding hydrogens is 370 g/mol. The van der Waals surface area contributed by atoms with Crippen molar-refractivity contribution in [2.24, 2.45) is 0 Å². The molecule has 6 heteroatoms. The molecule has 6 nitrogen and oxygen atoms in total. The molecule has 29 heavy (non-hydrogen) atoms. The van der Waals surface area contributed by atoms with Crippen LogP contribution in [0.1, 0.15) is 30.4 Å². The molecule has 0 amide bonds. The van der Waals surface area contributed by atoms with E-state index in [1.54, 1.807) is 24.3 Å². The third-order valence-electron chi connectivity index (χ3n) is 4.41. The fourth-order valence-corrected chi connectivity index (χ4v) is 3.01. The quantitative estimate of drug-likeness (QED) is 0.621. The summed E-state index contributed by atoms with van der Waals surface area (Å²) in [5.41, 5.74) is 0.635. The first-order valence-electron chi connectivity index (χ1n) is 9.39. The highest BCUT2D eigenvalue weighted by molar-refractivity contribution is 5.85. The van der Waals surface area contributed by atoms with E-state index in [2.05, 4.69) is 0 Å². The third-order valence-corrected chi connectivity index (χ3v) is 4.41. The van der Waals surface area contributed by atoms with Gasteiger partial charge in [-0.15, -0.1) is 0 Å². The van der Waals surface area contributed by atoms with Gasteiger partial charge in [0, 0.05) is 18.9 Å². The van der Waals surface area contributed by atoms with Gasteiger partial charge in [-0.1, -0.05) is 42.5 Å². The van der Waals surface area contributed by atoms with Gasteiger partial charge in [-0.2, -0.15) is 0 Å². The van der Waals surface area contributed by atoms with Gasteiger partial charge in [0.05, 0.1) is 17.6 Å². The van der Waals surface area contributed by atoms with Crippen LogP contribution < -0.4 is 5.63 Å². The number of ketones is 1. The van der Waals surface area contributed by atoms with Gasteiger partial charge in [0.25, 0.3) is 0 Å². The largest absolute Gasteiger partial charge is 0.507 e. The van der Waals surface area contributed by atoms with E-state index >= 15 is 0 Å². The molecule has 0 bridgehead atoms. The van der Waals surface area contributed by atoms with Crippen LogP contribution in [0.2, 0.25) is 0 Å². The summed E-state index contributed by atoms with van der Waals surface area (Å²) in [6.45, 7) is 2.49. The summed E-state index contributed by atoms with van der Waals surface area (Å²) in [6.07, 6.45) is 0.126. The number of likely N-dealkylation sites (N-methyl/N-ethyl adjacent to an activating group) is 1. The molecule has 1 unspecified atom stereocenters. The van der Waals surface area contributed by atoms with Crippen molar-refractivity contribution < 1.29 is 19.4 Å². The normalized spacial score (nSPS) is 11.8. The number of hydrogen-bond acceptors (Lipinski definition) is 6. The van der Waals surface area contributed by atoms with Crippen LogP contribution in [0, 0.1) is 0 Å². The summed E-state index contributed by atoms with van der Waals surface area (Å²) in [5.74, 6) is -0.715. The molecule has 0 fully saturated rings. The molecule has 1 aromatic heterocycles. The number of rotatable bonds is 6. The number of fused-ring (bicyclic) bond motifs is 1. The minimum atomic E-state index is -0.615. The summed E-state index contributed by atoms with van der Waals surface area (Å²) >= 11 is 0. The van der Waals surface area contributed by atoms with E-state index in [1.165, 1.54) is 6.92 Å². The van der Waals surface area contributed by atoms with Crippen LogP contribution >= 0.6 is 0 Å². The maximum atomic E-state index is 12.4. The molecule has 0 aliphatic rings. The van der Waals surface area contributed by atoms with Gasteiger partial charge in [-0.25, -0.2) is 4.79 Å². The fraction of sp³-hybridized carbons (Fsp3) is 0.304. The Bertz CT molecular complexity index is 995. The zero-order valence-corrected chi connectivity index (χ0v) is 17.0. The Kier molecular flexibility index (Phi) is 8.12. The SMILES string of the molecule is CC(=O)CC(c1ccccc1)c1c(O)c2ccccc2oc1=O.CN(C)CCO. The van der Waals surface area contributed by atoms with Gasteiger partial charge in [0.2, 0.25) is 0 Å². The molecule has 0 aliphatic heterocycles. The second-order valence-electron chi connectivity index (χ2n) is 7.04. The number of Topliss-reactive ketones (excluding diaryl/α,β-unsaturated/α-hetero) is 1. The molecule has 0 saturated heterocycles. The molecule has 0 saturated carbocycles. The average molecular weight is 397 g/mol. The van der Waals surface area contributed by atoms with Gasteiger partial charge < -0.3 is 19.5 Å². The smallest absolute Gasteiger partial charge is 0.343 e. The molecule has 1 atom stereocenters. The third kappa shape index (κ3) is 6.01. The minimum Gasteiger partial charge on any atom is -0.507 e. The molecule has 3 aromatic rings. The van der Waals surface area contributed by atoms with Crippen molar-refractivity contribution in [1.29, 1.82) is 0 Å². The number of carbonyl (C=O) groups excluding carboxylic acids is 1. The minimum absolute atomic E-state index is 0.0641. The topological polar surface area (TPSA) is 91.0 Å². The molecular formula is C23H27NO5. The Morgan fingerprint density at radius 3 is 2.24 bits per heavy atom. The summed E-state index contributed by atoms with van der Waals surface area (Å²) in [5, 5.41) is 19.3. The predicted molar refractivity (Wildman–Crippen MR) is 113 cm³/mol. The maximum Gasteiger partial charge on any atom is 0.343 e. The lowest BCUT2D eigenvalue weighted by atomic mass is 9.87. The molecule has 1 heterocycles. The van der Waals surface area contributed by atoms with E-state index in [1.807, 2.05) is 49.3 Å². The lowest BCUT2D eigenvalue weighted by Gasteiger charge is -2.17. The number of nitrogens with zero attached hydrogens (tertiary/aromatic N) is 1. The van der Waals surface area contributed by atoms with E-state index in [4.69, 9.17) is 9.52 Å². The number of aliphatic hydroxyl groups is 1. The Hall–Kier alpha value is -2.96. The van der Waals surface area contributed by atoms with Crippen LogP contribution in [0.25, 0.3) is 11.0 Å². The highest BCUT2D eigenvalue weighted by Gasteiger charge is 2.25. The van der Waals surface area contributed by atoms with Gasteiger partial charge in [-0.05, 0) is 38.7 Å². The maximum absolute atomic E-state index is 12.4. The Morgan fingerprint density at radius 1 is 1.07 bits per heavy atom. The Morgan fingerprint density at radius 2 is 1.69 bits per heavy atom. The second-order valence-corrected chi connectivity index (χ2v) is 7.04. The van der Waals surface area contributed by atoms with Gasteiger partial charge in [0.1, 0.15) is 17.1 Å². The average Bonchev–Trinajstić information content (AvgIpc) is 2.68. The van der Waals surface area contributed by atoms with Crippen molar-refractivity contribution in [2.45, 2.75) is 19.3 Å². The van der Waals surface area contributed by atoms with E-state index in [0.29, 0.717) is 11.0 Å². The molecule has 154 valence electrons. The standard InChI is InChI=1S/C19H16O4.C4H11NO/c1-12(20)11-15(13-7-3-2-4-8-13)17-18(21)14-9-5-6-10-16(14)23-19(17)22;1-5(2)3-4-6/h2-10,15,21H,11H2,1H3;6H,3-4H2,1-2H3. The first kappa shape index (κ1) is 22.3. The lowest BCUT2D eigenvalue weighted by molar-refractivity contribution is -0.117. The predicted octanol–water partition coefficient (Wildman–Crippen LogP) is 3.15. The molecule has 0 spiro atoms. The molecule has 0 aliphatic carbocycles. The van der Waals surface area contributed by atoms with Crippen molar-refractivity contribution in [3.05, 3.63) is 76.1 Å². The Balaban J connectivity index is 0.000000438. The number of aromatic hydroxyl groups is 1. The number of benzene rings is 2. The van der Waals surface area contributed by atoms with Crippen molar-refractivity contribution in [3.8, 4) is 5.75 Å². The number of aliphatic hydroxyl groups excluding tert-OH is 1. The summed E-state index contributed by atoms with van der Waals surface area (Å²) in [7, 11) is 3.85. The van der Waals surface area contributed by atoms with Crippen LogP contribution in [-0.2, 0) is 4.79 Å². The summed E-state index contributed by atoms with van der Waals surface area (Å²) < 4.78 is 5.33. The molecule has 2 aromatic carbocycles. The summed E-state index contributed by atoms with van der Waals surface area (Å²) in [4.78, 5) is 26.0. The van der Waals surface area contributed by atoms with E-state index in [0.717, 1.165) is 12.1 Å². The number of para-hydroxylation sites is 1. The highest BCUT2D eigenvalue weighted by atomic mass is 16.4. The van der Waals surface area contributed by atoms with Crippen molar-refractivity contribution >= 4 is 16.8 Å². The van der Waals surface area contributed by atoms with Crippen LogP contribution in [0.5, 0.6) is 5.75 Å². The first-order chi connectivity index (χ1) is 13.8. The summed E-state index contributed by atoms with van der Waals surface area (Å²) in [6, 6.07) is 16.0. The van der Waals surface area contributed by atoms with Crippen molar-refractivity contribution in [2.75, 3.05) is 27.2 Å². The zero-order chi connectivity index (χ0) is 21.4. The van der Waals surface area contributed by atoms with Gasteiger partial charge in [0.15, 0.2) is 0 Å². The zero-order valence-electron chi connectivity index (χ0n) is 17.0. The fourth-order valence-electron chi connectivity index (χ4n) is 3.01. The van der Waals surface area contributed by atoms with E-state index < -0.39 is 11.5 Å². The highest BCUT2D eigenvalue weighted by Crippen LogP contribution is 2.35. The van der Waals surface area contributed by atoms with E-state index in [-0.39, 0.29) is 30.1 Å². The lowest BCUT2D eigenvalue weighted by Crippen LogP contribution is -2.16. The van der Waals surface area contributed by atoms with Crippen molar-refractivity contribution in [3.63, 3.8) is 0 Å². The molecule has 2 N–H and O–H groups in total. The Labute approximate surface area is 170 Å². The molecule has 3 rings (SSSR count). The first-order valence-corrected chi connectivity index (χ1v) is 9.39. The van der Waals surface area contributed by atoms with Crippen LogP contribution in [0.3, 0.4) is 0 Å². The van der Waals surface area contributed by atoms with Crippen LogP contribution in [0.4, 0.5) is 0 Å². The number of hydrogen-bond donors (Lipinski definition) is 2. The number of carbonyl (C=O) groups is 1.